The number of carbonyl (C=O) groups excluding carboxylic acids is 4. The summed E-state index contributed by atoms with van der Waals surface area (Å²) in [6.45, 7) is 5.16. The molecule has 5 nitrogen and oxygen atoms in total. The summed E-state index contributed by atoms with van der Waals surface area (Å²) in [5.41, 5.74) is 0. The van der Waals surface area contributed by atoms with Crippen molar-refractivity contribution >= 4 is 17.7 Å². The molecule has 0 atom stereocenters. The molecule has 210 valence electrons. The van der Waals surface area contributed by atoms with Gasteiger partial charge in [0.15, 0.2) is 5.78 Å². The molecule has 0 spiro atoms. The summed E-state index contributed by atoms with van der Waals surface area (Å²) in [4.78, 5) is 39.5. The van der Waals surface area contributed by atoms with E-state index in [4.69, 9.17) is 14.3 Å². The van der Waals surface area contributed by atoms with E-state index in [1.165, 1.54) is 0 Å². The Hall–Kier alpha value is -3.14. The van der Waals surface area contributed by atoms with Gasteiger partial charge in [0.25, 0.3) is 0 Å². The van der Waals surface area contributed by atoms with E-state index in [0.29, 0.717) is 32.5 Å². The fourth-order valence-electron chi connectivity index (χ4n) is 3.10. The number of carbonyl (C=O) groups is 2. The summed E-state index contributed by atoms with van der Waals surface area (Å²) in [6.07, 6.45) is 39.8. The standard InChI is InChI=1S/C32H48O3.CO2/c1-3-5-6-7-8-9-10-11-12-13-14-15-16-17-18-19-20-21-22-26-32(34)28-24-30-35-29-23-27-31(33)25-4-2;2-1-3/h4-6,8-9,11-12,14-15,17-18,20-21,25H,3,7,10,13,16,19,22-24,26-30H2,1-2H3;/b6-5-,9-8-,12-11-,15-14-,18-17-,21-20-,25-4+;. The lowest BCUT2D eigenvalue weighted by atomic mass is 10.1. The molecule has 0 aliphatic carbocycles. The Kier molecular flexibility index (Phi) is 33.0. The maximum atomic E-state index is 11.9. The van der Waals surface area contributed by atoms with Crippen molar-refractivity contribution in [1.29, 1.82) is 0 Å². The van der Waals surface area contributed by atoms with Crippen LogP contribution in [-0.2, 0) is 23.9 Å². The summed E-state index contributed by atoms with van der Waals surface area (Å²) < 4.78 is 5.49. The molecule has 0 rings (SSSR count). The van der Waals surface area contributed by atoms with E-state index < -0.39 is 0 Å². The van der Waals surface area contributed by atoms with Crippen molar-refractivity contribution in [3.63, 3.8) is 0 Å². The maximum absolute atomic E-state index is 11.9. The van der Waals surface area contributed by atoms with Gasteiger partial charge in [-0.05, 0) is 70.8 Å². The van der Waals surface area contributed by atoms with Crippen LogP contribution in [0.2, 0.25) is 0 Å². The highest BCUT2D eigenvalue weighted by Gasteiger charge is 2.01. The summed E-state index contributed by atoms with van der Waals surface area (Å²) in [5, 5.41) is 0. The van der Waals surface area contributed by atoms with Gasteiger partial charge in [-0.2, -0.15) is 9.59 Å². The molecule has 5 heteroatoms. The van der Waals surface area contributed by atoms with Crippen molar-refractivity contribution in [3.8, 4) is 0 Å². The van der Waals surface area contributed by atoms with Crippen LogP contribution in [0, 0.1) is 0 Å². The predicted molar refractivity (Wildman–Crippen MR) is 157 cm³/mol. The molecule has 0 aromatic heterocycles. The molecule has 0 aromatic carbocycles. The average Bonchev–Trinajstić information content (AvgIpc) is 2.90. The molecular formula is C33H48O5. The zero-order valence-electron chi connectivity index (χ0n) is 23.5. The Morgan fingerprint density at radius 1 is 0.632 bits per heavy atom. The number of ether oxygens (including phenoxy) is 1. The van der Waals surface area contributed by atoms with Gasteiger partial charge in [0.1, 0.15) is 5.78 Å². The van der Waals surface area contributed by atoms with Crippen molar-refractivity contribution in [2.45, 2.75) is 90.9 Å². The molecule has 0 amide bonds. The van der Waals surface area contributed by atoms with Gasteiger partial charge in [-0.25, -0.2) is 0 Å². The third kappa shape index (κ3) is 35.0. The Labute approximate surface area is 230 Å². The number of hydrogen-bond donors (Lipinski definition) is 0. The first-order chi connectivity index (χ1) is 18.6. The van der Waals surface area contributed by atoms with Gasteiger partial charge in [0.05, 0.1) is 0 Å². The Balaban J connectivity index is 0. The van der Waals surface area contributed by atoms with Gasteiger partial charge >= 0.3 is 6.15 Å². The predicted octanol–water partition coefficient (Wildman–Crippen LogP) is 8.17. The van der Waals surface area contributed by atoms with Gasteiger partial charge in [-0.3, -0.25) is 9.59 Å². The van der Waals surface area contributed by atoms with E-state index in [2.05, 4.69) is 79.8 Å². The summed E-state index contributed by atoms with van der Waals surface area (Å²) in [6, 6.07) is 0. The third-order valence-electron chi connectivity index (χ3n) is 5.00. The Bertz CT molecular complexity index is 803. The molecule has 0 fully saturated rings. The molecule has 0 aliphatic heterocycles. The van der Waals surface area contributed by atoms with Crippen LogP contribution in [0.4, 0.5) is 0 Å². The molecular weight excluding hydrogens is 476 g/mol. The van der Waals surface area contributed by atoms with E-state index in [-0.39, 0.29) is 17.7 Å². The van der Waals surface area contributed by atoms with Crippen LogP contribution in [0.1, 0.15) is 90.9 Å². The minimum absolute atomic E-state index is 0.140. The number of hydrogen-bond acceptors (Lipinski definition) is 5. The van der Waals surface area contributed by atoms with E-state index in [0.717, 1.165) is 57.8 Å². The maximum Gasteiger partial charge on any atom is 0.373 e. The smallest absolute Gasteiger partial charge is 0.373 e. The second kappa shape index (κ2) is 33.9. The van der Waals surface area contributed by atoms with E-state index in [1.807, 2.05) is 6.92 Å². The number of Topliss-reactive ketones (excluding diaryl/α,β-unsaturated/α-hetero) is 1. The molecule has 0 aliphatic rings. The average molecular weight is 525 g/mol. The molecule has 0 aromatic rings. The minimum Gasteiger partial charge on any atom is -0.381 e. The summed E-state index contributed by atoms with van der Waals surface area (Å²) in [7, 11) is 0. The SMILES string of the molecule is C/C=C/C(=O)CCCOCCCC(=O)CC/C=C\C/C=C\C/C=C\C/C=C\C/C=C\C/C=C\CC.O=C=O. The van der Waals surface area contributed by atoms with Crippen LogP contribution in [0.3, 0.4) is 0 Å². The van der Waals surface area contributed by atoms with Gasteiger partial charge in [0.2, 0.25) is 0 Å². The monoisotopic (exact) mass is 524 g/mol. The van der Waals surface area contributed by atoms with Crippen molar-refractivity contribution < 1.29 is 23.9 Å². The normalized spacial score (nSPS) is 12.1. The quantitative estimate of drug-likeness (QED) is 0.0765. The second-order valence-corrected chi connectivity index (χ2v) is 8.36. The highest BCUT2D eigenvalue weighted by molar-refractivity contribution is 5.89. The van der Waals surface area contributed by atoms with E-state index in [1.54, 1.807) is 12.2 Å². The molecule has 0 saturated heterocycles. The second-order valence-electron chi connectivity index (χ2n) is 8.36. The lowest BCUT2D eigenvalue weighted by Crippen LogP contribution is -2.03. The highest BCUT2D eigenvalue weighted by atomic mass is 16.5. The first-order valence-electron chi connectivity index (χ1n) is 13.8. The molecule has 0 unspecified atom stereocenters. The fourth-order valence-corrected chi connectivity index (χ4v) is 3.10. The van der Waals surface area contributed by atoms with Crippen LogP contribution in [0.15, 0.2) is 85.1 Å². The molecule has 38 heavy (non-hydrogen) atoms. The fraction of sp³-hybridized carbons (Fsp3) is 0.485. The zero-order chi connectivity index (χ0) is 28.4. The summed E-state index contributed by atoms with van der Waals surface area (Å²) >= 11 is 0. The Morgan fingerprint density at radius 3 is 1.50 bits per heavy atom. The van der Waals surface area contributed by atoms with Crippen molar-refractivity contribution in [2.24, 2.45) is 0 Å². The largest absolute Gasteiger partial charge is 0.381 e. The van der Waals surface area contributed by atoms with Crippen LogP contribution in [-0.4, -0.2) is 30.9 Å². The molecule has 0 N–H and O–H groups in total. The van der Waals surface area contributed by atoms with Crippen molar-refractivity contribution in [2.75, 3.05) is 13.2 Å². The van der Waals surface area contributed by atoms with Gasteiger partial charge in [-0.15, -0.1) is 0 Å². The van der Waals surface area contributed by atoms with Crippen LogP contribution in [0.5, 0.6) is 0 Å². The topological polar surface area (TPSA) is 77.5 Å². The number of ketones is 2. The van der Waals surface area contributed by atoms with Crippen LogP contribution in [0.25, 0.3) is 0 Å². The van der Waals surface area contributed by atoms with Gasteiger partial charge in [0, 0.05) is 32.5 Å². The van der Waals surface area contributed by atoms with E-state index in [9.17, 15) is 9.59 Å². The molecule has 0 bridgehead atoms. The molecule has 0 heterocycles. The minimum atomic E-state index is 0.140. The lowest BCUT2D eigenvalue weighted by Gasteiger charge is -2.03. The highest BCUT2D eigenvalue weighted by Crippen LogP contribution is 2.02. The third-order valence-corrected chi connectivity index (χ3v) is 5.00. The first kappa shape index (κ1) is 37.0. The zero-order valence-corrected chi connectivity index (χ0v) is 23.5. The van der Waals surface area contributed by atoms with E-state index >= 15 is 0 Å². The lowest BCUT2D eigenvalue weighted by molar-refractivity contribution is -0.191. The van der Waals surface area contributed by atoms with Crippen LogP contribution < -0.4 is 0 Å². The summed E-state index contributed by atoms with van der Waals surface area (Å²) in [5.74, 6) is 0.428. The van der Waals surface area contributed by atoms with Gasteiger partial charge in [-0.1, -0.05) is 85.9 Å². The van der Waals surface area contributed by atoms with Crippen molar-refractivity contribution in [1.82, 2.24) is 0 Å². The Morgan fingerprint density at radius 2 is 1.05 bits per heavy atom. The van der Waals surface area contributed by atoms with Gasteiger partial charge < -0.3 is 4.74 Å². The van der Waals surface area contributed by atoms with Crippen molar-refractivity contribution in [3.05, 3.63) is 85.1 Å². The number of rotatable bonds is 23. The molecule has 0 radical (unpaired) electrons. The molecule has 0 saturated carbocycles. The first-order valence-corrected chi connectivity index (χ1v) is 13.8. The van der Waals surface area contributed by atoms with Crippen LogP contribution >= 0.6 is 0 Å². The number of allylic oxidation sites excluding steroid dienone is 14.